The van der Waals surface area contributed by atoms with Gasteiger partial charge in [-0.2, -0.15) is 0 Å². The van der Waals surface area contributed by atoms with Crippen LogP contribution >= 0.6 is 11.6 Å². The van der Waals surface area contributed by atoms with Gasteiger partial charge in [0, 0.05) is 51.3 Å². The Hall–Kier alpha value is -1.50. The lowest BCUT2D eigenvalue weighted by atomic mass is 9.94. The quantitative estimate of drug-likeness (QED) is 0.533. The zero-order valence-corrected chi connectivity index (χ0v) is 16.7. The van der Waals surface area contributed by atoms with Crippen molar-refractivity contribution in [3.05, 3.63) is 28.8 Å². The molecule has 6 nitrogen and oxygen atoms in total. The molecule has 0 atom stereocenters. The van der Waals surface area contributed by atoms with Gasteiger partial charge in [-0.05, 0) is 31.0 Å². The average Bonchev–Trinajstić information content (AvgIpc) is 2.68. The summed E-state index contributed by atoms with van der Waals surface area (Å²) in [6, 6.07) is 5.76. The maximum Gasteiger partial charge on any atom is 0.191 e. The van der Waals surface area contributed by atoms with Crippen molar-refractivity contribution in [2.45, 2.75) is 31.8 Å². The summed E-state index contributed by atoms with van der Waals surface area (Å²) < 4.78 is 16.4. The van der Waals surface area contributed by atoms with Gasteiger partial charge in [-0.15, -0.1) is 0 Å². The van der Waals surface area contributed by atoms with Gasteiger partial charge in [0.1, 0.15) is 5.75 Å². The van der Waals surface area contributed by atoms with Crippen molar-refractivity contribution in [3.63, 3.8) is 0 Å². The fourth-order valence-corrected chi connectivity index (χ4v) is 3.17. The van der Waals surface area contributed by atoms with Gasteiger partial charge < -0.3 is 24.8 Å². The number of benzene rings is 1. The Kier molecular flexibility index (Phi) is 8.48. The van der Waals surface area contributed by atoms with E-state index in [1.165, 1.54) is 0 Å². The molecule has 146 valence electrons. The number of ether oxygens (including phenoxy) is 3. The van der Waals surface area contributed by atoms with E-state index in [9.17, 15) is 0 Å². The van der Waals surface area contributed by atoms with E-state index in [4.69, 9.17) is 30.8 Å². The van der Waals surface area contributed by atoms with Gasteiger partial charge in [0.2, 0.25) is 0 Å². The smallest absolute Gasteiger partial charge is 0.191 e. The average molecular weight is 384 g/mol. The zero-order chi connectivity index (χ0) is 18.8. The predicted octanol–water partition coefficient (Wildman–Crippen LogP) is 2.64. The number of aliphatic imine (C=N–C) groups is 1. The van der Waals surface area contributed by atoms with E-state index < -0.39 is 0 Å². The molecule has 0 bridgehead atoms. The minimum Gasteiger partial charge on any atom is -0.497 e. The third-order valence-corrected chi connectivity index (χ3v) is 5.01. The molecule has 7 heteroatoms. The van der Waals surface area contributed by atoms with E-state index in [-0.39, 0.29) is 5.60 Å². The summed E-state index contributed by atoms with van der Waals surface area (Å²) >= 11 is 6.30. The molecule has 0 saturated carbocycles. The molecular weight excluding hydrogens is 354 g/mol. The number of nitrogens with one attached hydrogen (secondary N) is 2. The molecule has 26 heavy (non-hydrogen) atoms. The van der Waals surface area contributed by atoms with E-state index in [0.29, 0.717) is 11.6 Å². The number of nitrogens with zero attached hydrogens (tertiary/aromatic N) is 1. The normalized spacial score (nSPS) is 17.0. The van der Waals surface area contributed by atoms with E-state index in [1.807, 2.05) is 18.2 Å². The summed E-state index contributed by atoms with van der Waals surface area (Å²) in [4.78, 5) is 4.72. The number of guanidine groups is 1. The molecule has 1 fully saturated rings. The predicted molar refractivity (Wildman–Crippen MR) is 105 cm³/mol. The molecule has 0 unspecified atom stereocenters. The summed E-state index contributed by atoms with van der Waals surface area (Å²) in [5.74, 6) is 1.56. The Morgan fingerprint density at radius 1 is 1.27 bits per heavy atom. The number of rotatable bonds is 8. The van der Waals surface area contributed by atoms with Gasteiger partial charge >= 0.3 is 0 Å². The van der Waals surface area contributed by atoms with E-state index in [1.54, 1.807) is 14.2 Å². The van der Waals surface area contributed by atoms with Crippen LogP contribution in [0.25, 0.3) is 0 Å². The van der Waals surface area contributed by atoms with Crippen molar-refractivity contribution in [2.75, 3.05) is 47.1 Å². The van der Waals surface area contributed by atoms with Crippen LogP contribution in [0.2, 0.25) is 5.02 Å². The van der Waals surface area contributed by atoms with E-state index >= 15 is 0 Å². The molecule has 1 aromatic rings. The van der Waals surface area contributed by atoms with Crippen molar-refractivity contribution in [3.8, 4) is 5.75 Å². The van der Waals surface area contributed by atoms with Gasteiger partial charge in [0.25, 0.3) is 0 Å². The van der Waals surface area contributed by atoms with Gasteiger partial charge in [0.05, 0.1) is 19.3 Å². The minimum atomic E-state index is -0.222. The van der Waals surface area contributed by atoms with Crippen LogP contribution in [0.5, 0.6) is 5.75 Å². The van der Waals surface area contributed by atoms with E-state index in [2.05, 4.69) is 17.6 Å². The monoisotopic (exact) mass is 383 g/mol. The Labute approximate surface area is 161 Å². The second-order valence-corrected chi connectivity index (χ2v) is 6.74. The van der Waals surface area contributed by atoms with Crippen LogP contribution in [-0.2, 0) is 15.9 Å². The van der Waals surface area contributed by atoms with Gasteiger partial charge in [-0.1, -0.05) is 17.7 Å². The van der Waals surface area contributed by atoms with Crippen molar-refractivity contribution in [1.82, 2.24) is 10.6 Å². The fourth-order valence-electron chi connectivity index (χ4n) is 2.91. The van der Waals surface area contributed by atoms with Crippen molar-refractivity contribution in [1.29, 1.82) is 0 Å². The van der Waals surface area contributed by atoms with Crippen LogP contribution in [-0.4, -0.2) is 58.6 Å². The van der Waals surface area contributed by atoms with Crippen molar-refractivity contribution < 1.29 is 14.2 Å². The molecule has 1 saturated heterocycles. The molecule has 1 aliphatic rings. The molecule has 1 heterocycles. The molecule has 0 spiro atoms. The first kappa shape index (κ1) is 20.8. The molecule has 2 rings (SSSR count). The molecule has 0 amide bonds. The highest BCUT2D eigenvalue weighted by atomic mass is 35.5. The number of halogens is 1. The molecule has 2 N–H and O–H groups in total. The van der Waals surface area contributed by atoms with Gasteiger partial charge in [-0.25, -0.2) is 0 Å². The minimum absolute atomic E-state index is 0.222. The standard InChI is InChI=1S/C19H30ClN3O3/c1-4-21-18(23-14-19(25-3)8-11-26-12-9-19)22-10-7-15-5-6-16(24-2)13-17(15)20/h5-6,13H,4,7-12,14H2,1-3H3,(H2,21,22,23). The molecule has 0 aromatic heterocycles. The van der Waals surface area contributed by atoms with Crippen LogP contribution in [0.4, 0.5) is 0 Å². The van der Waals surface area contributed by atoms with Gasteiger partial charge in [-0.3, -0.25) is 4.99 Å². The Morgan fingerprint density at radius 3 is 2.65 bits per heavy atom. The van der Waals surface area contributed by atoms with Crippen molar-refractivity contribution in [2.24, 2.45) is 4.99 Å². The SMILES string of the molecule is CCNC(=NCC1(OC)CCOCC1)NCCc1ccc(OC)cc1Cl. The first-order chi connectivity index (χ1) is 12.6. The lowest BCUT2D eigenvalue weighted by Gasteiger charge is -2.34. The molecule has 0 aliphatic carbocycles. The maximum absolute atomic E-state index is 6.30. The van der Waals surface area contributed by atoms with Crippen LogP contribution in [0.15, 0.2) is 23.2 Å². The highest BCUT2D eigenvalue weighted by molar-refractivity contribution is 6.31. The highest BCUT2D eigenvalue weighted by Crippen LogP contribution is 2.25. The molecule has 1 aliphatic heterocycles. The fraction of sp³-hybridized carbons (Fsp3) is 0.632. The topological polar surface area (TPSA) is 64.1 Å². The van der Waals surface area contributed by atoms with E-state index in [0.717, 1.165) is 62.8 Å². The Morgan fingerprint density at radius 2 is 2.04 bits per heavy atom. The number of methoxy groups -OCH3 is 2. The first-order valence-corrected chi connectivity index (χ1v) is 9.48. The van der Waals surface area contributed by atoms with Crippen molar-refractivity contribution >= 4 is 17.6 Å². The van der Waals surface area contributed by atoms with Crippen LogP contribution in [0, 0.1) is 0 Å². The number of hydrogen-bond donors (Lipinski definition) is 2. The molecular formula is C19H30ClN3O3. The first-order valence-electron chi connectivity index (χ1n) is 9.10. The van der Waals surface area contributed by atoms with Crippen LogP contribution in [0.3, 0.4) is 0 Å². The number of hydrogen-bond acceptors (Lipinski definition) is 4. The summed E-state index contributed by atoms with van der Waals surface area (Å²) in [5.41, 5.74) is 0.855. The molecule has 1 aromatic carbocycles. The summed E-state index contributed by atoms with van der Waals surface area (Å²) in [5, 5.41) is 7.37. The lowest BCUT2D eigenvalue weighted by Crippen LogP contribution is -2.44. The second-order valence-electron chi connectivity index (χ2n) is 6.33. The van der Waals surface area contributed by atoms with Crippen LogP contribution < -0.4 is 15.4 Å². The largest absolute Gasteiger partial charge is 0.497 e. The lowest BCUT2D eigenvalue weighted by molar-refractivity contribution is -0.0828. The summed E-state index contributed by atoms with van der Waals surface area (Å²) in [6.45, 7) is 5.66. The zero-order valence-electron chi connectivity index (χ0n) is 15.9. The van der Waals surface area contributed by atoms with Gasteiger partial charge in [0.15, 0.2) is 5.96 Å². The third-order valence-electron chi connectivity index (χ3n) is 4.65. The molecule has 0 radical (unpaired) electrons. The summed E-state index contributed by atoms with van der Waals surface area (Å²) in [7, 11) is 3.39. The van der Waals surface area contributed by atoms with Crippen LogP contribution in [0.1, 0.15) is 25.3 Å². The maximum atomic E-state index is 6.30. The summed E-state index contributed by atoms with van der Waals surface area (Å²) in [6.07, 6.45) is 2.54. The Balaban J connectivity index is 1.90. The third kappa shape index (κ3) is 6.04. The highest BCUT2D eigenvalue weighted by Gasteiger charge is 2.32. The second kappa shape index (κ2) is 10.6. The Bertz CT molecular complexity index is 589.